The molecule has 0 radical (unpaired) electrons. The first-order valence-electron chi connectivity index (χ1n) is 8.21. The second kappa shape index (κ2) is 9.48. The molecule has 1 amide bonds. The Labute approximate surface area is 165 Å². The average molecular weight is 411 g/mol. The van der Waals surface area contributed by atoms with Gasteiger partial charge in [0.05, 0.1) is 17.7 Å². The molecule has 0 bridgehead atoms. The maximum atomic E-state index is 12.2. The standard InChI is InChI=1S/C18H19ClN2O5S/c1-4-25-18(24)12-8-13(10(2)3)27-16(12)21-14(22)9-26-17(23)11-6-5-7-20-15(11)19/h5-8,10H,4,9H2,1-3H3,(H,21,22). The molecule has 2 heterocycles. The van der Waals surface area contributed by atoms with E-state index < -0.39 is 24.5 Å². The van der Waals surface area contributed by atoms with Crippen LogP contribution in [-0.2, 0) is 14.3 Å². The number of halogens is 1. The third-order valence-electron chi connectivity index (χ3n) is 3.38. The van der Waals surface area contributed by atoms with Gasteiger partial charge in [-0.1, -0.05) is 25.4 Å². The number of carbonyl (C=O) groups excluding carboxylic acids is 3. The predicted molar refractivity (Wildman–Crippen MR) is 103 cm³/mol. The molecule has 9 heteroatoms. The van der Waals surface area contributed by atoms with Crippen LogP contribution in [0.5, 0.6) is 0 Å². The smallest absolute Gasteiger partial charge is 0.341 e. The van der Waals surface area contributed by atoms with Gasteiger partial charge >= 0.3 is 11.9 Å². The summed E-state index contributed by atoms with van der Waals surface area (Å²) in [6, 6.07) is 4.68. The Morgan fingerprint density at radius 1 is 1.22 bits per heavy atom. The number of carbonyl (C=O) groups is 3. The summed E-state index contributed by atoms with van der Waals surface area (Å²) in [6.07, 6.45) is 1.44. The number of nitrogens with one attached hydrogen (secondary N) is 1. The van der Waals surface area contributed by atoms with Crippen LogP contribution in [-0.4, -0.2) is 36.0 Å². The number of anilines is 1. The van der Waals surface area contributed by atoms with Crippen LogP contribution in [0.1, 0.15) is 52.3 Å². The molecular weight excluding hydrogens is 392 g/mol. The number of aromatic nitrogens is 1. The van der Waals surface area contributed by atoms with E-state index in [0.717, 1.165) is 4.88 Å². The first-order valence-corrected chi connectivity index (χ1v) is 9.41. The molecule has 0 fully saturated rings. The Morgan fingerprint density at radius 2 is 1.93 bits per heavy atom. The van der Waals surface area contributed by atoms with E-state index in [1.54, 1.807) is 13.0 Å². The van der Waals surface area contributed by atoms with Gasteiger partial charge in [-0.3, -0.25) is 4.79 Å². The predicted octanol–water partition coefficient (Wildman–Crippen LogP) is 3.89. The van der Waals surface area contributed by atoms with Gasteiger partial charge in [0.1, 0.15) is 10.2 Å². The molecule has 0 spiro atoms. The molecular formula is C18H19ClN2O5S. The number of rotatable bonds is 7. The second-order valence-electron chi connectivity index (χ2n) is 5.73. The van der Waals surface area contributed by atoms with Crippen molar-refractivity contribution in [1.82, 2.24) is 4.98 Å². The highest BCUT2D eigenvalue weighted by Gasteiger charge is 2.21. The Morgan fingerprint density at radius 3 is 2.56 bits per heavy atom. The summed E-state index contributed by atoms with van der Waals surface area (Å²) < 4.78 is 9.98. The molecule has 0 unspecified atom stereocenters. The van der Waals surface area contributed by atoms with Crippen molar-refractivity contribution in [3.05, 3.63) is 45.6 Å². The topological polar surface area (TPSA) is 94.6 Å². The van der Waals surface area contributed by atoms with E-state index in [4.69, 9.17) is 21.1 Å². The minimum Gasteiger partial charge on any atom is -0.462 e. The van der Waals surface area contributed by atoms with E-state index in [1.165, 1.54) is 29.7 Å². The number of pyridine rings is 1. The normalized spacial score (nSPS) is 10.6. The lowest BCUT2D eigenvalue weighted by atomic mass is 10.1. The van der Waals surface area contributed by atoms with Crippen LogP contribution in [0.25, 0.3) is 0 Å². The molecule has 7 nitrogen and oxygen atoms in total. The molecule has 27 heavy (non-hydrogen) atoms. The van der Waals surface area contributed by atoms with Gasteiger partial charge in [0.2, 0.25) is 0 Å². The summed E-state index contributed by atoms with van der Waals surface area (Å²) in [6.45, 7) is 5.36. The molecule has 0 saturated carbocycles. The van der Waals surface area contributed by atoms with E-state index in [1.807, 2.05) is 13.8 Å². The van der Waals surface area contributed by atoms with Crippen molar-refractivity contribution in [1.29, 1.82) is 0 Å². The number of nitrogens with zero attached hydrogens (tertiary/aromatic N) is 1. The molecule has 0 atom stereocenters. The van der Waals surface area contributed by atoms with Gasteiger partial charge in [0.15, 0.2) is 6.61 Å². The number of esters is 2. The van der Waals surface area contributed by atoms with Crippen LogP contribution in [0.3, 0.4) is 0 Å². The molecule has 0 aliphatic carbocycles. The Hall–Kier alpha value is -2.45. The van der Waals surface area contributed by atoms with Gasteiger partial charge in [0, 0.05) is 11.1 Å². The number of hydrogen-bond acceptors (Lipinski definition) is 7. The SMILES string of the molecule is CCOC(=O)c1cc(C(C)C)sc1NC(=O)COC(=O)c1cccnc1Cl. The van der Waals surface area contributed by atoms with Crippen molar-refractivity contribution in [3.8, 4) is 0 Å². The lowest BCUT2D eigenvalue weighted by Crippen LogP contribution is -2.21. The monoisotopic (exact) mass is 410 g/mol. The highest BCUT2D eigenvalue weighted by Crippen LogP contribution is 2.33. The maximum Gasteiger partial charge on any atom is 0.341 e. The molecule has 0 saturated heterocycles. The highest BCUT2D eigenvalue weighted by molar-refractivity contribution is 7.16. The van der Waals surface area contributed by atoms with Gasteiger partial charge < -0.3 is 14.8 Å². The molecule has 0 aliphatic rings. The largest absolute Gasteiger partial charge is 0.462 e. The van der Waals surface area contributed by atoms with Crippen LogP contribution in [0, 0.1) is 0 Å². The lowest BCUT2D eigenvalue weighted by Gasteiger charge is -2.07. The first kappa shape index (κ1) is 20.9. The maximum absolute atomic E-state index is 12.2. The average Bonchev–Trinajstić information content (AvgIpc) is 3.04. The zero-order chi connectivity index (χ0) is 20.0. The van der Waals surface area contributed by atoms with E-state index in [0.29, 0.717) is 5.00 Å². The zero-order valence-corrected chi connectivity index (χ0v) is 16.6. The third-order valence-corrected chi connectivity index (χ3v) is 5.03. The summed E-state index contributed by atoms with van der Waals surface area (Å²) in [5, 5.41) is 2.95. The van der Waals surface area contributed by atoms with E-state index in [9.17, 15) is 14.4 Å². The van der Waals surface area contributed by atoms with E-state index >= 15 is 0 Å². The van der Waals surface area contributed by atoms with Crippen molar-refractivity contribution in [2.45, 2.75) is 26.7 Å². The lowest BCUT2D eigenvalue weighted by molar-refractivity contribution is -0.119. The fourth-order valence-electron chi connectivity index (χ4n) is 2.06. The summed E-state index contributed by atoms with van der Waals surface area (Å²) in [5.41, 5.74) is 0.345. The van der Waals surface area contributed by atoms with Gasteiger partial charge in [0.25, 0.3) is 5.91 Å². The summed E-state index contributed by atoms with van der Waals surface area (Å²) >= 11 is 7.10. The van der Waals surface area contributed by atoms with Gasteiger partial charge in [-0.2, -0.15) is 0 Å². The number of ether oxygens (including phenoxy) is 2. The van der Waals surface area contributed by atoms with Crippen molar-refractivity contribution >= 4 is 45.8 Å². The summed E-state index contributed by atoms with van der Waals surface area (Å²) in [7, 11) is 0. The number of hydrogen-bond donors (Lipinski definition) is 1. The van der Waals surface area contributed by atoms with Crippen LogP contribution >= 0.6 is 22.9 Å². The van der Waals surface area contributed by atoms with Gasteiger partial charge in [-0.25, -0.2) is 14.6 Å². The molecule has 1 N–H and O–H groups in total. The fourth-order valence-corrected chi connectivity index (χ4v) is 3.32. The van der Waals surface area contributed by atoms with Crippen LogP contribution in [0.4, 0.5) is 5.00 Å². The quantitative estimate of drug-likeness (QED) is 0.549. The van der Waals surface area contributed by atoms with E-state index in [2.05, 4.69) is 10.3 Å². The van der Waals surface area contributed by atoms with Gasteiger partial charge in [-0.05, 0) is 31.0 Å². The minimum absolute atomic E-state index is 0.00709. The third kappa shape index (κ3) is 5.51. The second-order valence-corrected chi connectivity index (χ2v) is 7.17. The zero-order valence-electron chi connectivity index (χ0n) is 15.1. The summed E-state index contributed by atoms with van der Waals surface area (Å²) in [4.78, 5) is 40.9. The van der Waals surface area contributed by atoms with E-state index in [-0.39, 0.29) is 28.8 Å². The van der Waals surface area contributed by atoms with Crippen LogP contribution < -0.4 is 5.32 Å². The molecule has 144 valence electrons. The Kier molecular flexibility index (Phi) is 7.32. The first-order chi connectivity index (χ1) is 12.8. The Bertz CT molecular complexity index is 850. The fraction of sp³-hybridized carbons (Fsp3) is 0.333. The van der Waals surface area contributed by atoms with Gasteiger partial charge in [-0.15, -0.1) is 11.3 Å². The molecule has 2 aromatic heterocycles. The van der Waals surface area contributed by atoms with Crippen molar-refractivity contribution < 1.29 is 23.9 Å². The molecule has 2 rings (SSSR count). The van der Waals surface area contributed by atoms with Crippen LogP contribution in [0.2, 0.25) is 5.15 Å². The summed E-state index contributed by atoms with van der Waals surface area (Å²) in [5.74, 6) is -1.68. The van der Waals surface area contributed by atoms with Crippen molar-refractivity contribution in [2.24, 2.45) is 0 Å². The van der Waals surface area contributed by atoms with Crippen LogP contribution in [0.15, 0.2) is 24.4 Å². The molecule has 2 aromatic rings. The van der Waals surface area contributed by atoms with Crippen molar-refractivity contribution in [2.75, 3.05) is 18.5 Å². The molecule has 0 aromatic carbocycles. The highest BCUT2D eigenvalue weighted by atomic mass is 35.5. The Balaban J connectivity index is 2.05. The minimum atomic E-state index is -0.761. The number of amides is 1. The van der Waals surface area contributed by atoms with Crippen molar-refractivity contribution in [3.63, 3.8) is 0 Å². The number of thiophene rings is 1. The molecule has 0 aliphatic heterocycles.